The van der Waals surface area contributed by atoms with E-state index in [1.54, 1.807) is 13.3 Å². The third kappa shape index (κ3) is 5.01. The number of benzene rings is 3. The molecule has 0 unspecified atom stereocenters. The van der Waals surface area contributed by atoms with Gasteiger partial charge in [0.15, 0.2) is 11.0 Å². The lowest BCUT2D eigenvalue weighted by molar-refractivity contribution is -0.118. The molecule has 1 amide bonds. The predicted molar refractivity (Wildman–Crippen MR) is 143 cm³/mol. The van der Waals surface area contributed by atoms with Crippen LogP contribution in [0, 0.1) is 6.92 Å². The lowest BCUT2D eigenvalue weighted by Crippen LogP contribution is -2.20. The fraction of sp³-hybridized carbons (Fsp3) is 0.111. The maximum Gasteiger partial charge on any atom is 0.250 e. The van der Waals surface area contributed by atoms with Gasteiger partial charge < -0.3 is 9.72 Å². The quantitative estimate of drug-likeness (QED) is 0.180. The summed E-state index contributed by atoms with van der Waals surface area (Å²) in [5.74, 6) is 1.34. The molecule has 8 nitrogen and oxygen atoms in total. The van der Waals surface area contributed by atoms with Crippen LogP contribution < -0.4 is 10.2 Å². The average Bonchev–Trinajstić information content (AvgIpc) is 3.52. The number of para-hydroxylation sites is 1. The van der Waals surface area contributed by atoms with Gasteiger partial charge in [-0.15, -0.1) is 10.2 Å². The van der Waals surface area contributed by atoms with Crippen LogP contribution in [-0.2, 0) is 4.79 Å². The van der Waals surface area contributed by atoms with E-state index in [0.29, 0.717) is 11.0 Å². The van der Waals surface area contributed by atoms with Crippen LogP contribution >= 0.6 is 11.8 Å². The Labute approximate surface area is 212 Å². The van der Waals surface area contributed by atoms with Gasteiger partial charge >= 0.3 is 0 Å². The fourth-order valence-electron chi connectivity index (χ4n) is 3.75. The fourth-order valence-corrected chi connectivity index (χ4v) is 4.50. The number of thioether (sulfide) groups is 1. The third-order valence-electron chi connectivity index (χ3n) is 5.62. The Kier molecular flexibility index (Phi) is 6.81. The summed E-state index contributed by atoms with van der Waals surface area (Å²) < 4.78 is 7.24. The minimum atomic E-state index is -0.239. The molecule has 0 saturated carbocycles. The average molecular weight is 497 g/mol. The van der Waals surface area contributed by atoms with Gasteiger partial charge in [-0.1, -0.05) is 59.8 Å². The number of H-pyrrole nitrogens is 1. The number of hydrogen-bond acceptors (Lipinski definition) is 6. The molecule has 0 atom stereocenters. The molecule has 0 fully saturated rings. The maximum atomic E-state index is 12.5. The molecule has 9 heteroatoms. The predicted octanol–water partition coefficient (Wildman–Crippen LogP) is 4.98. The topological polar surface area (TPSA) is 97.2 Å². The first kappa shape index (κ1) is 23.4. The minimum Gasteiger partial charge on any atom is -0.497 e. The van der Waals surface area contributed by atoms with Crippen LogP contribution in [0.4, 0.5) is 0 Å². The summed E-state index contributed by atoms with van der Waals surface area (Å²) in [6.07, 6.45) is 3.50. The molecule has 0 aliphatic rings. The van der Waals surface area contributed by atoms with Gasteiger partial charge in [0.1, 0.15) is 5.75 Å². The number of carbonyl (C=O) groups is 1. The van der Waals surface area contributed by atoms with Crippen molar-refractivity contribution in [2.24, 2.45) is 5.10 Å². The van der Waals surface area contributed by atoms with E-state index >= 15 is 0 Å². The number of nitrogens with zero attached hydrogens (tertiary/aromatic N) is 4. The number of hydrogen-bond donors (Lipinski definition) is 2. The van der Waals surface area contributed by atoms with Gasteiger partial charge in [0.25, 0.3) is 5.91 Å². The first-order chi connectivity index (χ1) is 17.6. The number of ether oxygens (including phenoxy) is 1. The highest BCUT2D eigenvalue weighted by molar-refractivity contribution is 7.99. The van der Waals surface area contributed by atoms with Crippen molar-refractivity contribution in [2.75, 3.05) is 12.9 Å². The van der Waals surface area contributed by atoms with Crippen molar-refractivity contribution in [1.82, 2.24) is 25.2 Å². The molecule has 36 heavy (non-hydrogen) atoms. The van der Waals surface area contributed by atoms with Gasteiger partial charge in [0.2, 0.25) is 0 Å². The van der Waals surface area contributed by atoms with E-state index in [1.807, 2.05) is 90.5 Å². The summed E-state index contributed by atoms with van der Waals surface area (Å²) in [6, 6.07) is 23.7. The summed E-state index contributed by atoms with van der Waals surface area (Å²) >= 11 is 1.30. The number of methoxy groups -OCH3 is 1. The summed E-state index contributed by atoms with van der Waals surface area (Å²) in [7, 11) is 1.63. The van der Waals surface area contributed by atoms with Gasteiger partial charge in [0, 0.05) is 33.9 Å². The lowest BCUT2D eigenvalue weighted by atomic mass is 10.1. The highest BCUT2D eigenvalue weighted by atomic mass is 32.2. The number of hydrazone groups is 1. The van der Waals surface area contributed by atoms with Crippen LogP contribution in [0.1, 0.15) is 11.1 Å². The lowest BCUT2D eigenvalue weighted by Gasteiger charge is -2.11. The zero-order valence-corrected chi connectivity index (χ0v) is 20.6. The number of carbonyl (C=O) groups excluding carboxylic acids is 1. The van der Waals surface area contributed by atoms with E-state index in [4.69, 9.17) is 4.74 Å². The Morgan fingerprint density at radius 1 is 1.08 bits per heavy atom. The molecule has 2 N–H and O–H groups in total. The maximum absolute atomic E-state index is 12.5. The van der Waals surface area contributed by atoms with E-state index in [9.17, 15) is 4.79 Å². The Balaban J connectivity index is 1.33. The van der Waals surface area contributed by atoms with E-state index in [1.165, 1.54) is 11.8 Å². The van der Waals surface area contributed by atoms with Crippen LogP contribution in [0.5, 0.6) is 5.75 Å². The number of rotatable bonds is 8. The second kappa shape index (κ2) is 10.5. The van der Waals surface area contributed by atoms with E-state index in [-0.39, 0.29) is 11.7 Å². The van der Waals surface area contributed by atoms with Crippen molar-refractivity contribution in [3.05, 3.63) is 90.1 Å². The van der Waals surface area contributed by atoms with Crippen LogP contribution in [0.25, 0.3) is 28.0 Å². The summed E-state index contributed by atoms with van der Waals surface area (Å²) in [5, 5.41) is 14.6. The normalized spacial score (nSPS) is 11.3. The molecule has 0 saturated heterocycles. The molecule has 180 valence electrons. The highest BCUT2D eigenvalue weighted by Crippen LogP contribution is 2.29. The summed E-state index contributed by atoms with van der Waals surface area (Å²) in [4.78, 5) is 15.7. The van der Waals surface area contributed by atoms with Crippen molar-refractivity contribution < 1.29 is 9.53 Å². The van der Waals surface area contributed by atoms with Gasteiger partial charge in [-0.2, -0.15) is 5.10 Å². The first-order valence-corrected chi connectivity index (χ1v) is 12.3. The molecule has 0 radical (unpaired) electrons. The molecule has 2 aromatic heterocycles. The second-order valence-corrected chi connectivity index (χ2v) is 9.02. The number of fused-ring (bicyclic) bond motifs is 1. The molecule has 5 rings (SSSR count). The highest BCUT2D eigenvalue weighted by Gasteiger charge is 2.17. The van der Waals surface area contributed by atoms with Gasteiger partial charge in [-0.05, 0) is 37.3 Å². The Morgan fingerprint density at radius 3 is 2.64 bits per heavy atom. The molecule has 0 aliphatic heterocycles. The van der Waals surface area contributed by atoms with E-state index < -0.39 is 0 Å². The number of nitrogens with one attached hydrogen (secondary N) is 2. The molecular formula is C27H24N6O2S. The second-order valence-electron chi connectivity index (χ2n) is 8.08. The van der Waals surface area contributed by atoms with Crippen molar-refractivity contribution in [3.8, 4) is 22.8 Å². The molecule has 3 aromatic carbocycles. The number of amides is 1. The first-order valence-electron chi connectivity index (χ1n) is 11.3. The largest absolute Gasteiger partial charge is 0.497 e. The Hall–Kier alpha value is -4.37. The van der Waals surface area contributed by atoms with Crippen molar-refractivity contribution >= 4 is 34.8 Å². The number of aromatic amines is 1. The summed E-state index contributed by atoms with van der Waals surface area (Å²) in [5.41, 5.74) is 7.48. The molecule has 0 spiro atoms. The van der Waals surface area contributed by atoms with Crippen molar-refractivity contribution in [2.45, 2.75) is 12.1 Å². The zero-order chi connectivity index (χ0) is 24.9. The molecule has 5 aromatic rings. The molecule has 2 heterocycles. The van der Waals surface area contributed by atoms with Gasteiger partial charge in [-0.25, -0.2) is 5.43 Å². The third-order valence-corrected chi connectivity index (χ3v) is 6.55. The van der Waals surface area contributed by atoms with Crippen LogP contribution in [0.3, 0.4) is 0 Å². The zero-order valence-electron chi connectivity index (χ0n) is 19.8. The monoisotopic (exact) mass is 496 g/mol. The summed E-state index contributed by atoms with van der Waals surface area (Å²) in [6.45, 7) is 2.04. The van der Waals surface area contributed by atoms with Crippen LogP contribution in [0.2, 0.25) is 0 Å². The SMILES string of the molecule is COc1ccc(-n2c(SCC(=O)N/N=C\c3c[nH]c4ccccc34)nnc2-c2ccc(C)cc2)cc1. The molecule has 0 bridgehead atoms. The number of aryl methyl sites for hydroxylation is 1. The Morgan fingerprint density at radius 2 is 1.86 bits per heavy atom. The van der Waals surface area contributed by atoms with Crippen molar-refractivity contribution in [3.63, 3.8) is 0 Å². The molecular weight excluding hydrogens is 472 g/mol. The van der Waals surface area contributed by atoms with E-state index in [2.05, 4.69) is 25.7 Å². The smallest absolute Gasteiger partial charge is 0.250 e. The minimum absolute atomic E-state index is 0.132. The van der Waals surface area contributed by atoms with Crippen molar-refractivity contribution in [1.29, 1.82) is 0 Å². The standard InChI is InChI=1S/C27H24N6O2S/c1-18-7-9-19(10-8-18)26-31-32-27(33(26)21-11-13-22(35-2)14-12-21)36-17-25(34)30-29-16-20-15-28-24-6-4-3-5-23(20)24/h3-16,28H,17H2,1-2H3,(H,30,34)/b29-16-. The van der Waals surface area contributed by atoms with Crippen LogP contribution in [0.15, 0.2) is 89.3 Å². The Bertz CT molecular complexity index is 1520. The number of aromatic nitrogens is 4. The molecule has 0 aliphatic carbocycles. The van der Waals surface area contributed by atoms with Gasteiger partial charge in [-0.3, -0.25) is 9.36 Å². The van der Waals surface area contributed by atoms with Gasteiger partial charge in [0.05, 0.1) is 19.1 Å². The van der Waals surface area contributed by atoms with Crippen LogP contribution in [-0.4, -0.2) is 44.7 Å². The van der Waals surface area contributed by atoms with E-state index in [0.717, 1.165) is 39.0 Å².